The summed E-state index contributed by atoms with van der Waals surface area (Å²) in [6, 6.07) is 1.85. The van der Waals surface area contributed by atoms with E-state index in [-0.39, 0.29) is 22.5 Å². The van der Waals surface area contributed by atoms with Crippen LogP contribution in [0.3, 0.4) is 0 Å². The normalized spacial score (nSPS) is 18.0. The van der Waals surface area contributed by atoms with E-state index in [4.69, 9.17) is 9.84 Å². The number of carboxylic acids is 1. The number of nitrogens with one attached hydrogen (secondary N) is 1. The molecule has 1 aromatic carbocycles. The molecule has 2 rings (SSSR count). The van der Waals surface area contributed by atoms with E-state index in [1.54, 1.807) is 20.8 Å². The molecule has 0 bridgehead atoms. The predicted octanol–water partition coefficient (Wildman–Crippen LogP) is 4.51. The van der Waals surface area contributed by atoms with E-state index < -0.39 is 35.0 Å². The van der Waals surface area contributed by atoms with Gasteiger partial charge in [0.15, 0.2) is 0 Å². The summed E-state index contributed by atoms with van der Waals surface area (Å²) in [5.41, 5.74) is -1.98. The second-order valence-electron chi connectivity index (χ2n) is 8.06. The smallest absolute Gasteiger partial charge is 0.416 e. The van der Waals surface area contributed by atoms with E-state index in [9.17, 15) is 22.8 Å². The fourth-order valence-corrected chi connectivity index (χ4v) is 3.75. The number of carbonyl (C=O) groups excluding carboxylic acids is 1. The van der Waals surface area contributed by atoms with Crippen molar-refractivity contribution in [1.29, 1.82) is 0 Å². The highest BCUT2D eigenvalue weighted by atomic mass is 79.9. The van der Waals surface area contributed by atoms with Crippen LogP contribution in [0.2, 0.25) is 0 Å². The van der Waals surface area contributed by atoms with Gasteiger partial charge >= 0.3 is 18.2 Å². The molecule has 1 unspecified atom stereocenters. The molecule has 29 heavy (non-hydrogen) atoms. The molecule has 0 saturated carbocycles. The zero-order valence-electron chi connectivity index (χ0n) is 16.4. The first kappa shape index (κ1) is 23.5. The SMILES string of the molecule is CC(C)(C)OC(=O)NCC1CCN(Cc2c(Br)cc(C(=O)O)cc2C(F)(F)F)C1. The largest absolute Gasteiger partial charge is 0.478 e. The zero-order chi connectivity index (χ0) is 22.0. The van der Waals surface area contributed by atoms with Crippen molar-refractivity contribution in [3.63, 3.8) is 0 Å². The molecule has 1 heterocycles. The summed E-state index contributed by atoms with van der Waals surface area (Å²) >= 11 is 3.10. The zero-order valence-corrected chi connectivity index (χ0v) is 18.0. The van der Waals surface area contributed by atoms with Crippen LogP contribution in [0.1, 0.15) is 48.7 Å². The maximum absolute atomic E-state index is 13.5. The van der Waals surface area contributed by atoms with Gasteiger partial charge in [0.25, 0.3) is 0 Å². The Morgan fingerprint density at radius 3 is 2.52 bits per heavy atom. The van der Waals surface area contributed by atoms with Gasteiger partial charge < -0.3 is 15.2 Å². The highest BCUT2D eigenvalue weighted by Crippen LogP contribution is 2.37. The number of benzene rings is 1. The third-order valence-corrected chi connectivity index (χ3v) is 5.14. The van der Waals surface area contributed by atoms with Crippen molar-refractivity contribution in [2.24, 2.45) is 5.92 Å². The first-order valence-electron chi connectivity index (χ1n) is 9.08. The van der Waals surface area contributed by atoms with Gasteiger partial charge in [0.2, 0.25) is 0 Å². The Labute approximate surface area is 175 Å². The molecule has 10 heteroatoms. The summed E-state index contributed by atoms with van der Waals surface area (Å²) in [6.07, 6.45) is -4.47. The second-order valence-corrected chi connectivity index (χ2v) is 8.91. The van der Waals surface area contributed by atoms with Gasteiger partial charge in [0.1, 0.15) is 5.60 Å². The van der Waals surface area contributed by atoms with Gasteiger partial charge in [-0.25, -0.2) is 9.59 Å². The molecule has 0 aromatic heterocycles. The minimum absolute atomic E-state index is 0.00301. The second kappa shape index (κ2) is 8.91. The minimum atomic E-state index is -4.67. The fraction of sp³-hybridized carbons (Fsp3) is 0.579. The number of rotatable bonds is 5. The molecule has 0 aliphatic carbocycles. The number of carboxylic acid groups (broad SMARTS) is 1. The average molecular weight is 481 g/mol. The van der Waals surface area contributed by atoms with Crippen LogP contribution in [0.4, 0.5) is 18.0 Å². The van der Waals surface area contributed by atoms with Crippen molar-refractivity contribution in [3.8, 4) is 0 Å². The van der Waals surface area contributed by atoms with E-state index in [1.807, 2.05) is 4.90 Å². The highest BCUT2D eigenvalue weighted by Gasteiger charge is 2.36. The van der Waals surface area contributed by atoms with Crippen LogP contribution in [0.5, 0.6) is 0 Å². The van der Waals surface area contributed by atoms with Crippen molar-refractivity contribution in [2.75, 3.05) is 19.6 Å². The maximum Gasteiger partial charge on any atom is 0.416 e. The van der Waals surface area contributed by atoms with Crippen molar-refractivity contribution >= 4 is 28.0 Å². The number of aromatic carboxylic acids is 1. The molecule has 162 valence electrons. The number of carbonyl (C=O) groups is 2. The van der Waals surface area contributed by atoms with Gasteiger partial charge in [-0.2, -0.15) is 13.2 Å². The highest BCUT2D eigenvalue weighted by molar-refractivity contribution is 9.10. The van der Waals surface area contributed by atoms with Gasteiger partial charge in [-0.05, 0) is 57.4 Å². The minimum Gasteiger partial charge on any atom is -0.478 e. The van der Waals surface area contributed by atoms with Crippen LogP contribution < -0.4 is 5.32 Å². The predicted molar refractivity (Wildman–Crippen MR) is 104 cm³/mol. The number of halogens is 4. The topological polar surface area (TPSA) is 78.9 Å². The van der Waals surface area contributed by atoms with Crippen molar-refractivity contribution in [2.45, 2.75) is 45.5 Å². The lowest BCUT2D eigenvalue weighted by atomic mass is 10.0. The molecular formula is C19H24BrF3N2O4. The first-order chi connectivity index (χ1) is 13.3. The third-order valence-electron chi connectivity index (χ3n) is 4.43. The fourth-order valence-electron chi connectivity index (χ4n) is 3.16. The quantitative estimate of drug-likeness (QED) is 0.647. The molecule has 0 radical (unpaired) electrons. The van der Waals surface area contributed by atoms with Crippen LogP contribution >= 0.6 is 15.9 Å². The number of hydrogen-bond donors (Lipinski definition) is 2. The van der Waals surface area contributed by atoms with E-state index in [2.05, 4.69) is 21.2 Å². The Hall–Kier alpha value is -1.81. The lowest BCUT2D eigenvalue weighted by molar-refractivity contribution is -0.138. The lowest BCUT2D eigenvalue weighted by Crippen LogP contribution is -2.36. The van der Waals surface area contributed by atoms with Gasteiger partial charge in [-0.3, -0.25) is 4.90 Å². The molecule has 1 aromatic rings. The summed E-state index contributed by atoms with van der Waals surface area (Å²) in [4.78, 5) is 24.7. The molecule has 1 saturated heterocycles. The number of likely N-dealkylation sites (tertiary alicyclic amines) is 1. The number of ether oxygens (including phenoxy) is 1. The van der Waals surface area contributed by atoms with Gasteiger partial charge in [-0.1, -0.05) is 15.9 Å². The van der Waals surface area contributed by atoms with Crippen LogP contribution in [-0.4, -0.2) is 47.3 Å². The molecule has 6 nitrogen and oxygen atoms in total. The van der Waals surface area contributed by atoms with Gasteiger partial charge in [0.05, 0.1) is 11.1 Å². The number of nitrogens with zero attached hydrogens (tertiary/aromatic N) is 1. The van der Waals surface area contributed by atoms with E-state index >= 15 is 0 Å². The van der Waals surface area contributed by atoms with Gasteiger partial charge in [-0.15, -0.1) is 0 Å². The molecule has 1 amide bonds. The molecule has 2 N–H and O–H groups in total. The average Bonchev–Trinajstić information content (AvgIpc) is 2.99. The molecular weight excluding hydrogens is 457 g/mol. The summed E-state index contributed by atoms with van der Waals surface area (Å²) in [5.74, 6) is -1.33. The Bertz CT molecular complexity index is 778. The standard InChI is InChI=1S/C19H24BrF3N2O4/c1-18(2,3)29-17(28)24-8-11-4-5-25(9-11)10-13-14(19(21,22)23)6-12(16(26)27)7-15(13)20/h6-7,11H,4-5,8-10H2,1-3H3,(H,24,28)(H,26,27). The van der Waals surface area contributed by atoms with E-state index in [0.29, 0.717) is 25.7 Å². The molecule has 1 aliphatic heterocycles. The summed E-state index contributed by atoms with van der Waals surface area (Å²) in [7, 11) is 0. The third kappa shape index (κ3) is 6.88. The summed E-state index contributed by atoms with van der Waals surface area (Å²) in [5, 5.41) is 11.7. The Morgan fingerprint density at radius 2 is 1.97 bits per heavy atom. The van der Waals surface area contributed by atoms with Crippen molar-refractivity contribution in [3.05, 3.63) is 33.3 Å². The Balaban J connectivity index is 2.04. The number of alkyl halides is 3. The van der Waals surface area contributed by atoms with Crippen molar-refractivity contribution in [1.82, 2.24) is 10.2 Å². The van der Waals surface area contributed by atoms with Crippen LogP contribution in [-0.2, 0) is 17.5 Å². The molecule has 1 aliphatic rings. The maximum atomic E-state index is 13.5. The van der Waals surface area contributed by atoms with Crippen LogP contribution in [0.15, 0.2) is 16.6 Å². The van der Waals surface area contributed by atoms with E-state index in [1.165, 1.54) is 6.07 Å². The number of alkyl carbamates (subject to hydrolysis) is 1. The first-order valence-corrected chi connectivity index (χ1v) is 9.87. The monoisotopic (exact) mass is 480 g/mol. The number of hydrogen-bond acceptors (Lipinski definition) is 4. The van der Waals surface area contributed by atoms with Crippen molar-refractivity contribution < 1.29 is 32.6 Å². The summed E-state index contributed by atoms with van der Waals surface area (Å²) in [6.45, 7) is 6.76. The molecule has 0 spiro atoms. The Kier molecular flexibility index (Phi) is 7.21. The molecule has 1 fully saturated rings. The molecule has 1 atom stereocenters. The Morgan fingerprint density at radius 1 is 1.31 bits per heavy atom. The van der Waals surface area contributed by atoms with Gasteiger partial charge in [0, 0.05) is 24.1 Å². The van der Waals surface area contributed by atoms with E-state index in [0.717, 1.165) is 6.42 Å². The lowest BCUT2D eigenvalue weighted by Gasteiger charge is -2.22. The van der Waals surface area contributed by atoms with Crippen LogP contribution in [0.25, 0.3) is 0 Å². The van der Waals surface area contributed by atoms with Crippen LogP contribution in [0, 0.1) is 5.92 Å². The number of amides is 1. The summed E-state index contributed by atoms with van der Waals surface area (Å²) < 4.78 is 45.7.